The molecular formula is C20H18F6N8O2. The lowest BCUT2D eigenvalue weighted by molar-refractivity contribution is -0.298. The Morgan fingerprint density at radius 2 is 1.86 bits per heavy atom. The summed E-state index contributed by atoms with van der Waals surface area (Å²) in [5.41, 5.74) is -1.37. The van der Waals surface area contributed by atoms with Crippen LogP contribution < -0.4 is 5.32 Å². The Kier molecular flexibility index (Phi) is 6.55. The van der Waals surface area contributed by atoms with Crippen LogP contribution in [0.25, 0.3) is 11.4 Å². The Balaban J connectivity index is 1.60. The number of hydrogen-bond acceptors (Lipinski definition) is 8. The molecule has 1 amide bonds. The highest BCUT2D eigenvalue weighted by Crippen LogP contribution is 2.32. The highest BCUT2D eigenvalue weighted by Gasteiger charge is 2.48. The second-order valence-electron chi connectivity index (χ2n) is 7.92. The minimum absolute atomic E-state index is 0.0457. The summed E-state index contributed by atoms with van der Waals surface area (Å²) < 4.78 is 86.0. The van der Waals surface area contributed by atoms with Gasteiger partial charge in [0.15, 0.2) is 23.0 Å². The molecule has 36 heavy (non-hydrogen) atoms. The van der Waals surface area contributed by atoms with Crippen LogP contribution in [0, 0.1) is 5.82 Å². The molecule has 4 rings (SSSR count). The van der Waals surface area contributed by atoms with Gasteiger partial charge >= 0.3 is 12.3 Å². The van der Waals surface area contributed by atoms with Crippen LogP contribution in [0.15, 0.2) is 31.0 Å². The van der Waals surface area contributed by atoms with Crippen LogP contribution in [0.3, 0.4) is 0 Å². The van der Waals surface area contributed by atoms with Gasteiger partial charge in [0.1, 0.15) is 12.4 Å². The molecule has 0 aliphatic carbocycles. The largest absolute Gasteiger partial charge is 0.434 e. The zero-order valence-corrected chi connectivity index (χ0v) is 18.7. The van der Waals surface area contributed by atoms with E-state index in [-0.39, 0.29) is 29.4 Å². The van der Waals surface area contributed by atoms with Gasteiger partial charge in [-0.1, -0.05) is 0 Å². The third-order valence-electron chi connectivity index (χ3n) is 5.24. The molecule has 1 aliphatic rings. The highest BCUT2D eigenvalue weighted by atomic mass is 19.4. The van der Waals surface area contributed by atoms with Gasteiger partial charge in [-0.25, -0.2) is 24.3 Å². The maximum absolute atomic E-state index is 14.3. The van der Waals surface area contributed by atoms with Crippen molar-refractivity contribution in [3.05, 3.63) is 48.2 Å². The molecule has 0 bridgehead atoms. The number of rotatable bonds is 5. The highest BCUT2D eigenvalue weighted by molar-refractivity contribution is 5.98. The van der Waals surface area contributed by atoms with E-state index in [1.807, 2.05) is 0 Å². The first-order valence-electron chi connectivity index (χ1n) is 10.4. The average molecular weight is 516 g/mol. The first-order valence-corrected chi connectivity index (χ1v) is 10.4. The third-order valence-corrected chi connectivity index (χ3v) is 5.24. The molecule has 192 valence electrons. The Morgan fingerprint density at radius 1 is 1.17 bits per heavy atom. The molecule has 1 aliphatic heterocycles. The van der Waals surface area contributed by atoms with Crippen LogP contribution in [0.5, 0.6) is 0 Å². The summed E-state index contributed by atoms with van der Waals surface area (Å²) in [5.74, 6) is -1.73. The van der Waals surface area contributed by atoms with Crippen molar-refractivity contribution in [2.75, 3.05) is 18.4 Å². The van der Waals surface area contributed by atoms with Crippen LogP contribution in [0.1, 0.15) is 23.1 Å². The fourth-order valence-corrected chi connectivity index (χ4v) is 3.63. The van der Waals surface area contributed by atoms with E-state index in [0.717, 1.165) is 23.5 Å². The molecule has 10 nitrogen and oxygen atoms in total. The molecule has 3 aromatic heterocycles. The van der Waals surface area contributed by atoms with E-state index in [2.05, 4.69) is 30.4 Å². The molecule has 1 saturated heterocycles. The average Bonchev–Trinajstić information content (AvgIpc) is 3.19. The van der Waals surface area contributed by atoms with Crippen LogP contribution in [0.4, 0.5) is 32.2 Å². The second kappa shape index (κ2) is 9.33. The molecule has 1 N–H and O–H groups in total. The van der Waals surface area contributed by atoms with E-state index < -0.39 is 48.4 Å². The molecule has 3 aromatic rings. The van der Waals surface area contributed by atoms with Gasteiger partial charge in [0.2, 0.25) is 0 Å². The quantitative estimate of drug-likeness (QED) is 0.516. The number of nitrogens with zero attached hydrogens (tertiary/aromatic N) is 7. The summed E-state index contributed by atoms with van der Waals surface area (Å²) in [6.45, 7) is -0.0136. The number of aryl methyl sites for hydroxylation is 1. The number of hydrogen-bond donors (Lipinski definition) is 1. The van der Waals surface area contributed by atoms with E-state index in [0.29, 0.717) is 6.20 Å². The molecule has 2 atom stereocenters. The van der Waals surface area contributed by atoms with Crippen molar-refractivity contribution in [1.82, 2.24) is 34.6 Å². The van der Waals surface area contributed by atoms with Crippen molar-refractivity contribution in [2.45, 2.75) is 31.4 Å². The van der Waals surface area contributed by atoms with Gasteiger partial charge in [-0.05, 0) is 6.92 Å². The zero-order chi connectivity index (χ0) is 26.3. The molecular weight excluding hydrogens is 498 g/mol. The summed E-state index contributed by atoms with van der Waals surface area (Å²) in [5, 5.41) is 6.75. The fraction of sp³-hybridized carbons (Fsp3) is 0.400. The van der Waals surface area contributed by atoms with Gasteiger partial charge in [0, 0.05) is 19.8 Å². The smallest absolute Gasteiger partial charge is 0.367 e. The predicted molar refractivity (Wildman–Crippen MR) is 110 cm³/mol. The normalized spacial score (nSPS) is 19.8. The van der Waals surface area contributed by atoms with Gasteiger partial charge in [-0.3, -0.25) is 9.48 Å². The van der Waals surface area contributed by atoms with Crippen LogP contribution >= 0.6 is 0 Å². The first kappa shape index (κ1) is 25.3. The molecule has 0 radical (unpaired) electrons. The van der Waals surface area contributed by atoms with Gasteiger partial charge in [-0.2, -0.15) is 27.1 Å². The minimum Gasteiger partial charge on any atom is -0.367 e. The Bertz CT molecular complexity index is 1230. The Hall–Kier alpha value is -3.82. The minimum atomic E-state index is -4.68. The van der Waals surface area contributed by atoms with Crippen LogP contribution in [-0.2, 0) is 18.0 Å². The van der Waals surface area contributed by atoms with E-state index in [4.69, 9.17) is 4.74 Å². The van der Waals surface area contributed by atoms with Crippen molar-refractivity contribution < 1.29 is 35.9 Å². The number of carbonyl (C=O) groups excluding carboxylic acids is 1. The first-order chi connectivity index (χ1) is 16.8. The summed E-state index contributed by atoms with van der Waals surface area (Å²) in [4.78, 5) is 28.8. The molecule has 16 heteroatoms. The summed E-state index contributed by atoms with van der Waals surface area (Å²) in [6, 6.07) is -1.01. The molecule has 1 fully saturated rings. The maximum atomic E-state index is 14.3. The van der Waals surface area contributed by atoms with E-state index >= 15 is 0 Å². The Labute approximate surface area is 199 Å². The predicted octanol–water partition coefficient (Wildman–Crippen LogP) is 2.76. The fourth-order valence-electron chi connectivity index (χ4n) is 3.63. The van der Waals surface area contributed by atoms with E-state index in [1.165, 1.54) is 24.9 Å². The molecule has 4 heterocycles. The SMILES string of the molecule is C[C@@H]1OC(F)(F)CN(C(=O)c2nn(C)cc2-c2ncc(F)cn2)C1CNc1cnc(C(F)(F)F)cn1. The lowest BCUT2D eigenvalue weighted by Crippen LogP contribution is -2.61. The van der Waals surface area contributed by atoms with Gasteiger partial charge < -0.3 is 15.0 Å². The summed E-state index contributed by atoms with van der Waals surface area (Å²) in [7, 11) is 1.49. The molecule has 1 unspecified atom stereocenters. The standard InChI is InChI=1S/C20H18F6N8O2/c1-10-13(5-28-15-7-27-14(6-29-15)20(24,25)26)34(9-19(22,23)36-10)18(35)16-12(8-33(2)32-16)17-30-3-11(21)4-31-17/h3-4,6-8,10,13H,5,9H2,1-2H3,(H,28,29)/t10-,13?/m0/s1. The lowest BCUT2D eigenvalue weighted by Gasteiger charge is -2.43. The van der Waals surface area contributed by atoms with Gasteiger partial charge in [0.05, 0.1) is 42.5 Å². The number of anilines is 1. The van der Waals surface area contributed by atoms with E-state index in [1.54, 1.807) is 0 Å². The van der Waals surface area contributed by atoms with Crippen LogP contribution in [-0.4, -0.2) is 71.9 Å². The van der Waals surface area contributed by atoms with Crippen molar-refractivity contribution >= 4 is 11.7 Å². The number of alkyl halides is 5. The number of amides is 1. The second-order valence-corrected chi connectivity index (χ2v) is 7.92. The van der Waals surface area contributed by atoms with Crippen molar-refractivity contribution in [1.29, 1.82) is 0 Å². The van der Waals surface area contributed by atoms with Crippen molar-refractivity contribution in [3.63, 3.8) is 0 Å². The zero-order valence-electron chi connectivity index (χ0n) is 18.7. The van der Waals surface area contributed by atoms with Crippen molar-refractivity contribution in [2.24, 2.45) is 7.05 Å². The monoisotopic (exact) mass is 516 g/mol. The topological polar surface area (TPSA) is 111 Å². The number of halogens is 6. The van der Waals surface area contributed by atoms with Crippen LogP contribution in [0.2, 0.25) is 0 Å². The van der Waals surface area contributed by atoms with Gasteiger partial charge in [0.25, 0.3) is 5.91 Å². The van der Waals surface area contributed by atoms with Gasteiger partial charge in [-0.15, -0.1) is 0 Å². The summed E-state index contributed by atoms with van der Waals surface area (Å²) in [6.07, 6.45) is -5.06. The third kappa shape index (κ3) is 5.37. The lowest BCUT2D eigenvalue weighted by atomic mass is 10.1. The molecule has 0 saturated carbocycles. The van der Waals surface area contributed by atoms with E-state index in [9.17, 15) is 31.1 Å². The maximum Gasteiger partial charge on any atom is 0.434 e. The number of ether oxygens (including phenoxy) is 1. The van der Waals surface area contributed by atoms with Crippen molar-refractivity contribution in [3.8, 4) is 11.4 Å². The Morgan fingerprint density at radius 3 is 2.47 bits per heavy atom. The molecule has 0 spiro atoms. The number of carbonyl (C=O) groups is 1. The number of nitrogens with one attached hydrogen (secondary N) is 1. The summed E-state index contributed by atoms with van der Waals surface area (Å²) >= 11 is 0. The number of morpholine rings is 1. The molecule has 0 aromatic carbocycles. The number of aromatic nitrogens is 6.